The number of thiocarbonyl (C=S) groups is 1. The lowest BCUT2D eigenvalue weighted by Gasteiger charge is -2.05. The van der Waals surface area contributed by atoms with Crippen LogP contribution in [-0.2, 0) is 38.9 Å². The van der Waals surface area contributed by atoms with Gasteiger partial charge in [-0.3, -0.25) is 9.44 Å². The van der Waals surface area contributed by atoms with E-state index in [1.807, 2.05) is 551 Å². The molecule has 0 heterocycles. The molecule has 0 saturated heterocycles. The Hall–Kier alpha value is -7.20. The van der Waals surface area contributed by atoms with Crippen molar-refractivity contribution in [2.45, 2.75) is 340 Å². The number of para-hydroxylation sites is 8. The van der Waals surface area contributed by atoms with Gasteiger partial charge in [0.2, 0.25) is 9.23 Å². The molecule has 8 aromatic rings. The van der Waals surface area contributed by atoms with Crippen LogP contribution < -0.4 is 63.1 Å². The molecule has 16 N–H and O–H groups in total. The number of benzene rings is 8. The predicted molar refractivity (Wildman–Crippen MR) is 635 cm³/mol. The van der Waals surface area contributed by atoms with Crippen molar-refractivity contribution in [1.82, 2.24) is 20.1 Å². The third kappa shape index (κ3) is 261. The summed E-state index contributed by atoms with van der Waals surface area (Å²) in [4.78, 5) is 10.8. The average Bonchev–Trinajstić information content (AvgIpc) is 0.896. The molecule has 0 spiro atoms. The lowest BCUT2D eigenvalue weighted by Crippen LogP contribution is -2.26. The molecule has 8 rings (SSSR count). The summed E-state index contributed by atoms with van der Waals surface area (Å²) in [5, 5.41) is 11.6. The maximum atomic E-state index is 10.9. The maximum absolute atomic E-state index is 10.9. The fourth-order valence-corrected chi connectivity index (χ4v) is 5.74. The molecular formula is C103H216Cl4N12O7S5. The Morgan fingerprint density at radius 3 is 0.573 bits per heavy atom. The van der Waals surface area contributed by atoms with Crippen molar-refractivity contribution in [2.75, 3.05) is 71.2 Å². The highest BCUT2D eigenvalue weighted by atomic mass is 36.0. The van der Waals surface area contributed by atoms with Crippen molar-refractivity contribution in [1.29, 1.82) is 0 Å². The van der Waals surface area contributed by atoms with E-state index in [9.17, 15) is 17.4 Å². The molecule has 0 saturated carbocycles. The van der Waals surface area contributed by atoms with Crippen LogP contribution in [0.1, 0.15) is 340 Å². The summed E-state index contributed by atoms with van der Waals surface area (Å²) in [7, 11) is 15.2. The first-order valence-electron chi connectivity index (χ1n) is 47.3. The minimum atomic E-state index is -3.72. The zero-order valence-electron chi connectivity index (χ0n) is 92.8. The topological polar surface area (TPSA) is 320 Å². The lowest BCUT2D eigenvalue weighted by atomic mass is 10.3. The quantitative estimate of drug-likeness (QED) is 0.0382. The third-order valence-electron chi connectivity index (χ3n) is 8.18. The third-order valence-corrected chi connectivity index (χ3v) is 10.3. The number of rotatable bonds is 8. The van der Waals surface area contributed by atoms with Crippen molar-refractivity contribution in [3.05, 3.63) is 243 Å². The van der Waals surface area contributed by atoms with Crippen LogP contribution in [0.4, 0.5) is 50.3 Å². The van der Waals surface area contributed by atoms with Gasteiger partial charge in [0.15, 0.2) is 16.3 Å². The van der Waals surface area contributed by atoms with Crippen molar-refractivity contribution in [2.24, 2.45) is 0 Å². The molecule has 1 atom stereocenters. The number of urea groups is 1. The van der Waals surface area contributed by atoms with E-state index < -0.39 is 38.9 Å². The number of amides is 2. The lowest BCUT2D eigenvalue weighted by molar-refractivity contribution is 0.254. The molecule has 0 aliphatic carbocycles. The Morgan fingerprint density at radius 2 is 0.435 bits per heavy atom. The van der Waals surface area contributed by atoms with Crippen LogP contribution in [0.5, 0.6) is 0 Å². The molecule has 2 amide bonds. The second-order valence-electron chi connectivity index (χ2n) is 14.5. The summed E-state index contributed by atoms with van der Waals surface area (Å²) < 4.78 is 70.0. The van der Waals surface area contributed by atoms with Crippen LogP contribution in [-0.4, -0.2) is 64.6 Å². The summed E-state index contributed by atoms with van der Waals surface area (Å²) >= 11 is 3.74. The molecule has 0 fully saturated rings. The molecule has 788 valence electrons. The van der Waals surface area contributed by atoms with Gasteiger partial charge in [0.05, 0.1) is 0 Å². The van der Waals surface area contributed by atoms with Gasteiger partial charge in [-0.05, 0) is 116 Å². The van der Waals surface area contributed by atoms with E-state index in [1.54, 1.807) is 45.4 Å². The van der Waals surface area contributed by atoms with Crippen LogP contribution in [0.2, 0.25) is 0 Å². The summed E-state index contributed by atoms with van der Waals surface area (Å²) in [5.41, 5.74) is 27.9. The number of hydrogen-bond acceptors (Lipinski definition) is 12. The Bertz CT molecular complexity index is 2840. The fraction of sp³-hybridized carbons (Fsp3) is 0.515. The smallest absolute Gasteiger partial charge is 0.318 e. The van der Waals surface area contributed by atoms with Crippen molar-refractivity contribution >= 4 is 150 Å². The fourth-order valence-electron chi connectivity index (χ4n) is 4.62. The first-order valence-corrected chi connectivity index (χ1v) is 56.3. The first kappa shape index (κ1) is 199. The molecule has 0 radical (unpaired) electrons. The summed E-state index contributed by atoms with van der Waals surface area (Å²) in [5.74, 6) is 0. The van der Waals surface area contributed by atoms with Crippen LogP contribution in [0.25, 0.3) is 0 Å². The van der Waals surface area contributed by atoms with Crippen LogP contribution in [0.3, 0.4) is 0 Å². The number of hydrogen-bond donors (Lipinski definition) is 12. The number of carbonyl (C=O) groups excluding carboxylic acids is 1. The number of nitrogen functional groups attached to an aromatic ring is 4. The van der Waals surface area contributed by atoms with Crippen LogP contribution in [0.15, 0.2) is 243 Å². The molecule has 0 bridgehead atoms. The van der Waals surface area contributed by atoms with Crippen molar-refractivity contribution in [3.8, 4) is 0 Å². The van der Waals surface area contributed by atoms with Gasteiger partial charge in [0.25, 0.3) is 10.2 Å². The Kier molecular flexibility index (Phi) is 351. The van der Waals surface area contributed by atoms with E-state index in [4.69, 9.17) is 47.8 Å². The summed E-state index contributed by atoms with van der Waals surface area (Å²) in [6.45, 7) is 96.0. The standard InChI is InChI=1S/C8H10N2O.C8H10N2S.C7H10N2O2S.C7H10N2OS.4C6H7N.24C2H6.CH4.Cl2O2S.Cl2OS/c2*1-9-8(11)10-7-5-3-2-4-6-7;1-8-12(10,11)9-7-5-3-2-4-6-7;1-8-11(10)9-7-5-3-2-4-6-7;4*7-6-4-2-1-3-5-6;24*1-2;;1-5(2,3)4;1-4(2)3/h2*2-6H,1H3,(H2,9,10,11);2-6,8-9H,1H3;2-6,8-9H,1H3;4*1-5H,7H2;24*1-2H3;1H4;;. The molecule has 28 heteroatoms. The highest BCUT2D eigenvalue weighted by molar-refractivity contribution is 8.31. The normalized spacial score (nSPS) is 7.18. The largest absolute Gasteiger partial charge is 0.399 e. The second-order valence-corrected chi connectivity index (χ2v) is 23.8. The van der Waals surface area contributed by atoms with Gasteiger partial charge >= 0.3 is 14.3 Å². The van der Waals surface area contributed by atoms with Gasteiger partial charge < -0.3 is 44.2 Å². The maximum Gasteiger partial charge on any atom is 0.318 e. The number of carbonyl (C=O) groups is 1. The highest BCUT2D eigenvalue weighted by Gasteiger charge is 2.04. The monoisotopic (exact) mass is 2030 g/mol. The predicted octanol–water partition coefficient (Wildman–Crippen LogP) is 36.6. The summed E-state index contributed by atoms with van der Waals surface area (Å²) in [6.07, 6.45) is 0. The molecule has 8 aromatic carbocycles. The van der Waals surface area contributed by atoms with E-state index in [2.05, 4.69) is 82.9 Å². The minimum Gasteiger partial charge on any atom is -0.399 e. The van der Waals surface area contributed by atoms with E-state index in [0.29, 0.717) is 10.8 Å². The molecule has 19 nitrogen and oxygen atoms in total. The number of anilines is 8. The van der Waals surface area contributed by atoms with E-state index >= 15 is 0 Å². The van der Waals surface area contributed by atoms with Gasteiger partial charge in [-0.1, -0.05) is 485 Å². The SMILES string of the molecule is C.CC.CC.CC.CC.CC.CC.CC.CC.CC.CC.CC.CC.CC.CC.CC.CC.CC.CC.CC.CC.CC.CC.CC.CC.CNC(=O)Nc1ccccc1.CNC(=S)Nc1ccccc1.CNS(=O)(=O)Nc1ccccc1.CNS(=O)Nc1ccccc1.Nc1ccccc1.Nc1ccccc1.Nc1ccccc1.Nc1ccccc1.O=S(=O)(Cl)Cl.O=S(Cl)Cl. The van der Waals surface area contributed by atoms with Gasteiger partial charge in [-0.15, -0.1) is 0 Å². The van der Waals surface area contributed by atoms with E-state index in [1.165, 1.54) is 7.05 Å². The van der Waals surface area contributed by atoms with Crippen molar-refractivity contribution in [3.63, 3.8) is 0 Å². The highest BCUT2D eigenvalue weighted by Crippen LogP contribution is 2.08. The Morgan fingerprint density at radius 1 is 0.282 bits per heavy atom. The number of nitrogens with one attached hydrogen (secondary N) is 8. The minimum absolute atomic E-state index is 0. The molecular weight excluding hydrogens is 1820 g/mol. The van der Waals surface area contributed by atoms with Gasteiger partial charge in [-0.2, -0.15) is 16.8 Å². The van der Waals surface area contributed by atoms with E-state index in [-0.39, 0.29) is 13.5 Å². The average molecular weight is 2040 g/mol. The van der Waals surface area contributed by atoms with Crippen molar-refractivity contribution < 1.29 is 30.0 Å². The molecule has 1 unspecified atom stereocenters. The Balaban J connectivity index is -0.0000000351. The van der Waals surface area contributed by atoms with Gasteiger partial charge in [0.1, 0.15) is 0 Å². The molecule has 0 aromatic heterocycles. The Labute approximate surface area is 847 Å². The zero-order valence-corrected chi connectivity index (χ0v) is 99.9. The van der Waals surface area contributed by atoms with E-state index in [0.717, 1.165) is 39.8 Å². The molecule has 0 aliphatic rings. The summed E-state index contributed by atoms with van der Waals surface area (Å²) in [6, 6.07) is 74.9. The first-order chi connectivity index (χ1) is 62.9. The number of halogens is 4. The van der Waals surface area contributed by atoms with Gasteiger partial charge in [-0.25, -0.2) is 22.7 Å². The van der Waals surface area contributed by atoms with Crippen LogP contribution >= 0.6 is 54.9 Å². The van der Waals surface area contributed by atoms with Gasteiger partial charge in [0, 0.05) is 109 Å². The second kappa shape index (κ2) is 231. The zero-order chi connectivity index (χ0) is 110. The van der Waals surface area contributed by atoms with Crippen LogP contribution in [0, 0.1) is 0 Å². The molecule has 131 heavy (non-hydrogen) atoms. The molecule has 0 aliphatic heterocycles. The number of nitrogens with two attached hydrogens (primary N) is 4.